The molecule has 2 N–H and O–H groups in total. The summed E-state index contributed by atoms with van der Waals surface area (Å²) in [6.07, 6.45) is 2.61. The quantitative estimate of drug-likeness (QED) is 0.744. The van der Waals surface area contributed by atoms with Gasteiger partial charge < -0.3 is 14.9 Å². The molecule has 102 valence electrons. The third-order valence-electron chi connectivity index (χ3n) is 3.00. The van der Waals surface area contributed by atoms with Crippen LogP contribution in [0, 0.1) is 12.8 Å². The van der Waals surface area contributed by atoms with Crippen molar-refractivity contribution in [1.29, 1.82) is 0 Å². The molecule has 1 aromatic heterocycles. The van der Waals surface area contributed by atoms with Crippen molar-refractivity contribution in [1.82, 2.24) is 10.5 Å². The number of rotatable bonds is 8. The van der Waals surface area contributed by atoms with Gasteiger partial charge in [0.2, 0.25) is 0 Å². The van der Waals surface area contributed by atoms with Crippen LogP contribution >= 0.6 is 0 Å². The van der Waals surface area contributed by atoms with Gasteiger partial charge in [-0.25, -0.2) is 0 Å². The second-order valence-electron chi connectivity index (χ2n) is 4.88. The summed E-state index contributed by atoms with van der Waals surface area (Å²) in [5, 5.41) is 16.0. The van der Waals surface area contributed by atoms with Crippen molar-refractivity contribution in [2.75, 3.05) is 0 Å². The number of nitrogens with one attached hydrogen (secondary N) is 1. The van der Waals surface area contributed by atoms with Crippen LogP contribution in [0.5, 0.6) is 0 Å². The summed E-state index contributed by atoms with van der Waals surface area (Å²) in [4.78, 5) is 10.7. The third-order valence-corrected chi connectivity index (χ3v) is 3.00. The van der Waals surface area contributed by atoms with Gasteiger partial charge in [0.15, 0.2) is 0 Å². The number of nitrogens with zero attached hydrogens (tertiary/aromatic N) is 1. The van der Waals surface area contributed by atoms with Crippen LogP contribution in [0.1, 0.15) is 44.6 Å². The molecule has 1 aromatic rings. The van der Waals surface area contributed by atoms with Crippen molar-refractivity contribution in [2.45, 2.75) is 52.6 Å². The van der Waals surface area contributed by atoms with E-state index in [-0.39, 0.29) is 5.92 Å². The van der Waals surface area contributed by atoms with Crippen molar-refractivity contribution >= 4 is 5.97 Å². The van der Waals surface area contributed by atoms with E-state index >= 15 is 0 Å². The molecule has 0 amide bonds. The number of aryl methyl sites for hydroxylation is 1. The van der Waals surface area contributed by atoms with E-state index < -0.39 is 5.97 Å². The fourth-order valence-corrected chi connectivity index (χ4v) is 1.74. The van der Waals surface area contributed by atoms with E-state index in [0.29, 0.717) is 12.6 Å². The minimum Gasteiger partial charge on any atom is -0.481 e. The van der Waals surface area contributed by atoms with Gasteiger partial charge in [-0.15, -0.1) is 0 Å². The number of carbonyl (C=O) groups is 1. The van der Waals surface area contributed by atoms with Crippen LogP contribution < -0.4 is 5.32 Å². The van der Waals surface area contributed by atoms with Crippen LogP contribution in [0.4, 0.5) is 0 Å². The molecule has 0 aliphatic rings. The van der Waals surface area contributed by atoms with E-state index in [4.69, 9.17) is 9.63 Å². The van der Waals surface area contributed by atoms with Gasteiger partial charge in [-0.1, -0.05) is 18.5 Å². The van der Waals surface area contributed by atoms with Crippen molar-refractivity contribution in [3.05, 3.63) is 17.5 Å². The van der Waals surface area contributed by atoms with Crippen molar-refractivity contribution in [3.8, 4) is 0 Å². The van der Waals surface area contributed by atoms with Crippen LogP contribution in [0.2, 0.25) is 0 Å². The SMILES string of the molecule is Cc1cc(CNC(C)CCCC(C)C(=O)O)no1. The third kappa shape index (κ3) is 5.31. The lowest BCUT2D eigenvalue weighted by Crippen LogP contribution is -2.25. The zero-order valence-corrected chi connectivity index (χ0v) is 11.3. The molecule has 0 fully saturated rings. The molecule has 0 aliphatic carbocycles. The minimum absolute atomic E-state index is 0.254. The number of hydrogen-bond donors (Lipinski definition) is 2. The molecule has 0 aromatic carbocycles. The molecule has 0 radical (unpaired) electrons. The van der Waals surface area contributed by atoms with E-state index in [1.165, 1.54) is 0 Å². The maximum absolute atomic E-state index is 10.7. The Morgan fingerprint density at radius 3 is 2.78 bits per heavy atom. The summed E-state index contributed by atoms with van der Waals surface area (Å²) < 4.78 is 4.98. The smallest absolute Gasteiger partial charge is 0.306 e. The molecular weight excluding hydrogens is 232 g/mol. The lowest BCUT2D eigenvalue weighted by Gasteiger charge is -2.13. The lowest BCUT2D eigenvalue weighted by molar-refractivity contribution is -0.141. The Morgan fingerprint density at radius 2 is 2.22 bits per heavy atom. The first-order valence-electron chi connectivity index (χ1n) is 6.37. The van der Waals surface area contributed by atoms with E-state index in [0.717, 1.165) is 30.7 Å². The van der Waals surface area contributed by atoms with Crippen LogP contribution in [0.3, 0.4) is 0 Å². The number of carboxylic acid groups (broad SMARTS) is 1. The fraction of sp³-hybridized carbons (Fsp3) is 0.692. The highest BCUT2D eigenvalue weighted by Gasteiger charge is 2.11. The van der Waals surface area contributed by atoms with E-state index in [1.54, 1.807) is 6.92 Å². The van der Waals surface area contributed by atoms with E-state index in [9.17, 15) is 4.79 Å². The zero-order chi connectivity index (χ0) is 13.5. The largest absolute Gasteiger partial charge is 0.481 e. The standard InChI is InChI=1S/C13H22N2O3/c1-9(13(16)17)5-4-6-10(2)14-8-12-7-11(3)18-15-12/h7,9-10,14H,4-6,8H2,1-3H3,(H,16,17). The molecule has 5 nitrogen and oxygen atoms in total. The molecule has 0 spiro atoms. The molecular formula is C13H22N2O3. The number of aromatic nitrogens is 1. The molecule has 5 heteroatoms. The van der Waals surface area contributed by atoms with Gasteiger partial charge in [0.1, 0.15) is 5.76 Å². The fourth-order valence-electron chi connectivity index (χ4n) is 1.74. The van der Waals surface area contributed by atoms with Gasteiger partial charge in [-0.3, -0.25) is 4.79 Å². The van der Waals surface area contributed by atoms with Crippen LogP contribution in [-0.4, -0.2) is 22.3 Å². The molecule has 0 saturated carbocycles. The molecule has 2 atom stereocenters. The Morgan fingerprint density at radius 1 is 1.50 bits per heavy atom. The summed E-state index contributed by atoms with van der Waals surface area (Å²) in [6.45, 7) is 6.40. The van der Waals surface area contributed by atoms with Crippen molar-refractivity contribution in [2.24, 2.45) is 5.92 Å². The first kappa shape index (κ1) is 14.7. The highest BCUT2D eigenvalue weighted by atomic mass is 16.5. The predicted molar refractivity (Wildman–Crippen MR) is 68.2 cm³/mol. The summed E-state index contributed by atoms with van der Waals surface area (Å²) in [7, 11) is 0. The maximum Gasteiger partial charge on any atom is 0.306 e. The summed E-state index contributed by atoms with van der Waals surface area (Å²) >= 11 is 0. The molecule has 1 rings (SSSR count). The Balaban J connectivity index is 2.14. The maximum atomic E-state index is 10.7. The molecule has 1 heterocycles. The first-order valence-corrected chi connectivity index (χ1v) is 6.37. The van der Waals surface area contributed by atoms with Gasteiger partial charge in [-0.2, -0.15) is 0 Å². The zero-order valence-electron chi connectivity index (χ0n) is 11.3. The topological polar surface area (TPSA) is 75.4 Å². The average Bonchev–Trinajstić information content (AvgIpc) is 2.72. The Labute approximate surface area is 108 Å². The Bertz CT molecular complexity index is 376. The number of carboxylic acids is 1. The highest BCUT2D eigenvalue weighted by molar-refractivity contribution is 5.69. The van der Waals surface area contributed by atoms with Gasteiger partial charge >= 0.3 is 5.97 Å². The second-order valence-corrected chi connectivity index (χ2v) is 4.88. The van der Waals surface area contributed by atoms with Gasteiger partial charge in [0, 0.05) is 18.7 Å². The average molecular weight is 254 g/mol. The predicted octanol–water partition coefficient (Wildman–Crippen LogP) is 2.35. The molecule has 2 unspecified atom stereocenters. The lowest BCUT2D eigenvalue weighted by atomic mass is 10.0. The summed E-state index contributed by atoms with van der Waals surface area (Å²) in [5.41, 5.74) is 0.901. The molecule has 0 aliphatic heterocycles. The first-order chi connectivity index (χ1) is 8.49. The minimum atomic E-state index is -0.714. The van der Waals surface area contributed by atoms with Crippen LogP contribution in [-0.2, 0) is 11.3 Å². The molecule has 18 heavy (non-hydrogen) atoms. The van der Waals surface area contributed by atoms with Crippen LogP contribution in [0.25, 0.3) is 0 Å². The van der Waals surface area contributed by atoms with Gasteiger partial charge in [0.05, 0.1) is 11.6 Å². The molecule has 0 bridgehead atoms. The van der Waals surface area contributed by atoms with Gasteiger partial charge in [0.25, 0.3) is 0 Å². The van der Waals surface area contributed by atoms with E-state index in [1.807, 2.05) is 13.0 Å². The van der Waals surface area contributed by atoms with Crippen LogP contribution in [0.15, 0.2) is 10.6 Å². The molecule has 0 saturated heterocycles. The summed E-state index contributed by atoms with van der Waals surface area (Å²) in [6, 6.07) is 2.26. The Kier molecular flexibility index (Phi) is 5.85. The number of hydrogen-bond acceptors (Lipinski definition) is 4. The Hall–Kier alpha value is -1.36. The monoisotopic (exact) mass is 254 g/mol. The van der Waals surface area contributed by atoms with E-state index in [2.05, 4.69) is 17.4 Å². The highest BCUT2D eigenvalue weighted by Crippen LogP contribution is 2.10. The van der Waals surface area contributed by atoms with Crippen molar-refractivity contribution < 1.29 is 14.4 Å². The van der Waals surface area contributed by atoms with Gasteiger partial charge in [-0.05, 0) is 26.7 Å². The normalized spacial score (nSPS) is 14.4. The second kappa shape index (κ2) is 7.16. The number of aliphatic carboxylic acids is 1. The summed E-state index contributed by atoms with van der Waals surface area (Å²) in [5.74, 6) is -0.154. The van der Waals surface area contributed by atoms with Crippen molar-refractivity contribution in [3.63, 3.8) is 0 Å².